The number of ether oxygens (including phenoxy) is 3. The minimum atomic E-state index is -1.23. The second kappa shape index (κ2) is 14.6. The molecule has 0 aliphatic rings. The molecule has 0 aliphatic carbocycles. The Kier molecular flexibility index (Phi) is 12.8. The normalized spacial score (nSPS) is 11.2. The molecule has 0 unspecified atom stereocenters. The molecule has 0 spiro atoms. The maximum absolute atomic E-state index is 6.83. The zero-order valence-corrected chi connectivity index (χ0v) is 29.5. The van der Waals surface area contributed by atoms with Gasteiger partial charge in [-0.25, -0.2) is 0 Å². The van der Waals surface area contributed by atoms with Crippen molar-refractivity contribution in [3.8, 4) is 17.2 Å². The largest absolute Gasteiger partial charge is 0.491 e. The van der Waals surface area contributed by atoms with Crippen LogP contribution >= 0.6 is 139 Å². The standard InChI is InChI=1S/C24H15BCl12O3/c1-4-38-22-16(32)10(26)7(11(27)17(22)33)25(8-12(28)18(34)23(39-5-2)19(35)13(8)29)9-14(30)20(36)24(40-6-3)21(37)15(9)31/h4-6H2,1-3H3. The van der Waals surface area contributed by atoms with Gasteiger partial charge in [0.15, 0.2) is 17.2 Å². The van der Waals surface area contributed by atoms with Crippen molar-refractivity contribution in [3.63, 3.8) is 0 Å². The second-order valence-electron chi connectivity index (χ2n) is 7.73. The van der Waals surface area contributed by atoms with E-state index >= 15 is 0 Å². The molecule has 3 nitrogen and oxygen atoms in total. The molecular formula is C24H15BCl12O3. The summed E-state index contributed by atoms with van der Waals surface area (Å²) < 4.78 is 16.7. The predicted octanol–water partition coefficient (Wildman–Crippen LogP) is 11.2. The molecule has 0 amide bonds. The molecule has 40 heavy (non-hydrogen) atoms. The molecule has 0 atom stereocenters. The third kappa shape index (κ3) is 6.23. The average molecular weight is 788 g/mol. The monoisotopic (exact) mass is 782 g/mol. The molecule has 0 aromatic heterocycles. The zero-order chi connectivity index (χ0) is 30.2. The van der Waals surface area contributed by atoms with Gasteiger partial charge in [-0.05, 0) is 37.2 Å². The van der Waals surface area contributed by atoms with Gasteiger partial charge in [-0.15, -0.1) is 0 Å². The molecule has 0 radical (unpaired) electrons. The predicted molar refractivity (Wildman–Crippen MR) is 178 cm³/mol. The van der Waals surface area contributed by atoms with E-state index < -0.39 is 6.71 Å². The van der Waals surface area contributed by atoms with Crippen LogP contribution in [-0.2, 0) is 0 Å². The lowest BCUT2D eigenvalue weighted by molar-refractivity contribution is 0.340. The molecular weight excluding hydrogens is 773 g/mol. The number of hydrogen-bond acceptors (Lipinski definition) is 3. The highest BCUT2D eigenvalue weighted by molar-refractivity contribution is 7.02. The summed E-state index contributed by atoms with van der Waals surface area (Å²) in [6.07, 6.45) is 0. The number of hydrogen-bond donors (Lipinski definition) is 0. The van der Waals surface area contributed by atoms with Crippen LogP contribution in [0.4, 0.5) is 0 Å². The van der Waals surface area contributed by atoms with Gasteiger partial charge in [0.1, 0.15) is 30.1 Å². The highest BCUT2D eigenvalue weighted by atomic mass is 35.5. The molecule has 0 N–H and O–H groups in total. The Morgan fingerprint density at radius 3 is 0.675 bits per heavy atom. The fourth-order valence-corrected chi connectivity index (χ4v) is 7.42. The topological polar surface area (TPSA) is 27.7 Å². The van der Waals surface area contributed by atoms with E-state index in [0.29, 0.717) is 0 Å². The molecule has 0 heterocycles. The van der Waals surface area contributed by atoms with Crippen molar-refractivity contribution in [3.05, 3.63) is 60.3 Å². The number of halogens is 12. The molecule has 0 fully saturated rings. The summed E-state index contributed by atoms with van der Waals surface area (Å²) >= 11 is 80.7. The Morgan fingerprint density at radius 2 is 0.525 bits per heavy atom. The van der Waals surface area contributed by atoms with Crippen LogP contribution in [-0.4, -0.2) is 26.5 Å². The molecule has 0 saturated carbocycles. The first-order valence-corrected chi connectivity index (χ1v) is 15.8. The maximum atomic E-state index is 6.83. The van der Waals surface area contributed by atoms with Crippen LogP contribution in [0.1, 0.15) is 20.8 Å². The third-order valence-electron chi connectivity index (χ3n) is 5.50. The van der Waals surface area contributed by atoms with Gasteiger partial charge in [0, 0.05) is 0 Å². The molecule has 16 heteroatoms. The summed E-state index contributed by atoms with van der Waals surface area (Å²) in [6.45, 7) is 4.63. The Morgan fingerprint density at radius 1 is 0.350 bits per heavy atom. The van der Waals surface area contributed by atoms with E-state index in [0.717, 1.165) is 0 Å². The van der Waals surface area contributed by atoms with Crippen LogP contribution in [0.25, 0.3) is 0 Å². The van der Waals surface area contributed by atoms with E-state index in [4.69, 9.17) is 153 Å². The zero-order valence-electron chi connectivity index (χ0n) is 20.5. The van der Waals surface area contributed by atoms with Gasteiger partial charge in [-0.2, -0.15) is 0 Å². The molecule has 3 rings (SSSR count). The first-order valence-electron chi connectivity index (χ1n) is 11.2. The number of benzene rings is 3. The Labute approximate surface area is 292 Å². The van der Waals surface area contributed by atoms with Crippen molar-refractivity contribution in [2.24, 2.45) is 0 Å². The highest BCUT2D eigenvalue weighted by Crippen LogP contribution is 2.47. The molecule has 216 valence electrons. The van der Waals surface area contributed by atoms with Crippen LogP contribution in [0.5, 0.6) is 17.2 Å². The van der Waals surface area contributed by atoms with Crippen LogP contribution in [0.15, 0.2) is 0 Å². The van der Waals surface area contributed by atoms with Crippen molar-refractivity contribution < 1.29 is 14.2 Å². The van der Waals surface area contributed by atoms with Gasteiger partial charge in [0.25, 0.3) is 6.71 Å². The summed E-state index contributed by atoms with van der Waals surface area (Å²) in [6, 6.07) is 0. The molecule has 3 aromatic rings. The quantitative estimate of drug-likeness (QED) is 0.160. The van der Waals surface area contributed by atoms with E-state index in [1.807, 2.05) is 0 Å². The summed E-state index contributed by atoms with van der Waals surface area (Å²) in [5.74, 6) is 0.176. The summed E-state index contributed by atoms with van der Waals surface area (Å²) in [7, 11) is 0. The van der Waals surface area contributed by atoms with E-state index in [2.05, 4.69) is 0 Å². The minimum absolute atomic E-state index is 0.0522. The van der Waals surface area contributed by atoms with Crippen LogP contribution in [0.3, 0.4) is 0 Å². The van der Waals surface area contributed by atoms with Gasteiger partial charge in [-0.1, -0.05) is 139 Å². The highest BCUT2D eigenvalue weighted by Gasteiger charge is 2.40. The second-order valence-corrected chi connectivity index (χ2v) is 12.3. The number of rotatable bonds is 9. The molecule has 3 aromatic carbocycles. The van der Waals surface area contributed by atoms with Crippen LogP contribution in [0, 0.1) is 0 Å². The fourth-order valence-electron chi connectivity index (χ4n) is 3.89. The van der Waals surface area contributed by atoms with E-state index in [-0.39, 0.29) is 114 Å². The first-order chi connectivity index (χ1) is 18.8. The summed E-state index contributed by atoms with van der Waals surface area (Å²) in [4.78, 5) is 0. The SMILES string of the molecule is CCOc1c(Cl)c(Cl)c(B(c2c(Cl)c(Cl)c(OCC)c(Cl)c2Cl)c2c(Cl)c(Cl)c(OCC)c(Cl)c2Cl)c(Cl)c1Cl. The van der Waals surface area contributed by atoms with Crippen molar-refractivity contribution in [1.29, 1.82) is 0 Å². The van der Waals surface area contributed by atoms with E-state index in [9.17, 15) is 0 Å². The van der Waals surface area contributed by atoms with Crippen LogP contribution in [0.2, 0.25) is 60.3 Å². The summed E-state index contributed by atoms with van der Waals surface area (Å²) in [5, 5.41) is -0.779. The van der Waals surface area contributed by atoms with Crippen molar-refractivity contribution in [1.82, 2.24) is 0 Å². The Balaban J connectivity index is 2.63. The third-order valence-corrected chi connectivity index (χ3v) is 10.6. The molecule has 0 bridgehead atoms. The first kappa shape index (κ1) is 35.1. The van der Waals surface area contributed by atoms with Gasteiger partial charge in [0.05, 0.1) is 50.0 Å². The van der Waals surface area contributed by atoms with Gasteiger partial charge in [0.2, 0.25) is 0 Å². The lowest BCUT2D eigenvalue weighted by Gasteiger charge is -2.27. The van der Waals surface area contributed by atoms with E-state index in [1.54, 1.807) is 20.8 Å². The van der Waals surface area contributed by atoms with Crippen molar-refractivity contribution >= 4 is 162 Å². The Bertz CT molecular complexity index is 1220. The van der Waals surface area contributed by atoms with Gasteiger partial charge < -0.3 is 14.2 Å². The molecule has 0 aliphatic heterocycles. The van der Waals surface area contributed by atoms with Crippen LogP contribution < -0.4 is 30.6 Å². The summed E-state index contributed by atoms with van der Waals surface area (Å²) in [5.41, 5.74) is 0.255. The fraction of sp³-hybridized carbons (Fsp3) is 0.250. The lowest BCUT2D eigenvalue weighted by Crippen LogP contribution is -2.55. The lowest BCUT2D eigenvalue weighted by atomic mass is 9.36. The molecule has 0 saturated heterocycles. The van der Waals surface area contributed by atoms with Gasteiger partial charge >= 0.3 is 0 Å². The minimum Gasteiger partial charge on any atom is -0.491 e. The van der Waals surface area contributed by atoms with E-state index in [1.165, 1.54) is 0 Å². The van der Waals surface area contributed by atoms with Crippen molar-refractivity contribution in [2.75, 3.05) is 19.8 Å². The maximum Gasteiger partial charge on any atom is 0.253 e. The smallest absolute Gasteiger partial charge is 0.253 e. The van der Waals surface area contributed by atoms with Gasteiger partial charge in [-0.3, -0.25) is 0 Å². The van der Waals surface area contributed by atoms with Crippen molar-refractivity contribution in [2.45, 2.75) is 20.8 Å². The average Bonchev–Trinajstić information content (AvgIpc) is 2.92. The Hall–Kier alpha value is 0.605.